The van der Waals surface area contributed by atoms with Gasteiger partial charge in [0, 0.05) is 17.7 Å². The van der Waals surface area contributed by atoms with E-state index in [0.717, 1.165) is 24.3 Å². The fourth-order valence-electron chi connectivity index (χ4n) is 5.12. The molecule has 1 aromatic heterocycles. The molecule has 234 valence electrons. The predicted molar refractivity (Wildman–Crippen MR) is 140 cm³/mol. The van der Waals surface area contributed by atoms with Gasteiger partial charge in [0.15, 0.2) is 16.9 Å². The van der Waals surface area contributed by atoms with Crippen LogP contribution < -0.4 is 10.2 Å². The van der Waals surface area contributed by atoms with Crippen molar-refractivity contribution in [2.75, 3.05) is 13.2 Å². The highest BCUT2D eigenvalue weighted by Gasteiger charge is 2.48. The van der Waals surface area contributed by atoms with E-state index in [1.54, 1.807) is 0 Å². The number of benzene rings is 2. The number of hydrogen-bond donors (Lipinski definition) is 11. The quantitative estimate of drug-likeness (QED) is 0.126. The minimum Gasteiger partial charge on any atom is -0.506 e. The highest BCUT2D eigenvalue weighted by Crippen LogP contribution is 2.46. The van der Waals surface area contributed by atoms with Gasteiger partial charge in [-0.05, 0) is 18.2 Å². The third-order valence-electron chi connectivity index (χ3n) is 7.52. The lowest BCUT2D eigenvalue weighted by molar-refractivity contribution is -0.278. The monoisotopic (exact) mass is 610 g/mol. The highest BCUT2D eigenvalue weighted by atomic mass is 16.7. The van der Waals surface area contributed by atoms with E-state index in [4.69, 9.17) is 18.6 Å². The summed E-state index contributed by atoms with van der Waals surface area (Å²) in [5, 5.41) is 112. The SMILES string of the molecule is O=c1cc(-c2ccc(O)c(O)c2)oc2cc(O[C@@H]3O[C@H](CO)[C@@H](O)[C@H](O)[C@H]3O)c(C3O[C@H](CO)[C@@H](O)[C@H](O)[C@H]3O)c(O)c12. The summed E-state index contributed by atoms with van der Waals surface area (Å²) in [5.41, 5.74) is -1.56. The van der Waals surface area contributed by atoms with E-state index in [0.29, 0.717) is 0 Å². The molecule has 0 aliphatic carbocycles. The van der Waals surface area contributed by atoms with Crippen LogP contribution in [-0.4, -0.2) is 125 Å². The number of phenolic OH excluding ortho intramolecular Hbond substituents is 3. The molecule has 3 aromatic rings. The molecule has 2 aromatic carbocycles. The third kappa shape index (κ3) is 5.38. The Morgan fingerprint density at radius 3 is 1.98 bits per heavy atom. The van der Waals surface area contributed by atoms with Crippen LogP contribution in [0.25, 0.3) is 22.3 Å². The lowest BCUT2D eigenvalue weighted by atomic mass is 9.89. The maximum Gasteiger partial charge on any atom is 0.229 e. The third-order valence-corrected chi connectivity index (χ3v) is 7.52. The van der Waals surface area contributed by atoms with Gasteiger partial charge in [-0.1, -0.05) is 0 Å². The molecule has 3 heterocycles. The van der Waals surface area contributed by atoms with E-state index >= 15 is 0 Å². The first kappa shape index (κ1) is 30.9. The zero-order chi connectivity index (χ0) is 31.3. The van der Waals surface area contributed by atoms with Crippen LogP contribution in [0.5, 0.6) is 23.0 Å². The first-order chi connectivity index (χ1) is 20.4. The van der Waals surface area contributed by atoms with Crippen LogP contribution in [0.2, 0.25) is 0 Å². The Kier molecular flexibility index (Phi) is 8.52. The zero-order valence-electron chi connectivity index (χ0n) is 22.0. The van der Waals surface area contributed by atoms with Crippen molar-refractivity contribution in [1.29, 1.82) is 0 Å². The number of aromatic hydroxyl groups is 3. The number of rotatable bonds is 6. The molecule has 43 heavy (non-hydrogen) atoms. The summed E-state index contributed by atoms with van der Waals surface area (Å²) in [6.07, 6.45) is -17.6. The molecule has 16 heteroatoms. The van der Waals surface area contributed by atoms with Crippen molar-refractivity contribution in [2.45, 2.75) is 61.2 Å². The Morgan fingerprint density at radius 2 is 1.35 bits per heavy atom. The highest BCUT2D eigenvalue weighted by molar-refractivity contribution is 5.88. The molecular formula is C27H30O16. The van der Waals surface area contributed by atoms with Gasteiger partial charge in [0.1, 0.15) is 83.2 Å². The van der Waals surface area contributed by atoms with Gasteiger partial charge in [-0.25, -0.2) is 0 Å². The van der Waals surface area contributed by atoms with Crippen LogP contribution in [0.15, 0.2) is 39.5 Å². The van der Waals surface area contributed by atoms with Gasteiger partial charge < -0.3 is 74.8 Å². The topological polar surface area (TPSA) is 280 Å². The maximum absolute atomic E-state index is 13.3. The smallest absolute Gasteiger partial charge is 0.229 e. The van der Waals surface area contributed by atoms with Crippen LogP contribution >= 0.6 is 0 Å². The van der Waals surface area contributed by atoms with Crippen LogP contribution in [0.3, 0.4) is 0 Å². The predicted octanol–water partition coefficient (Wildman–Crippen LogP) is -2.73. The Bertz CT molecular complexity index is 1540. The van der Waals surface area contributed by atoms with Crippen molar-refractivity contribution in [3.63, 3.8) is 0 Å². The minimum atomic E-state index is -1.97. The molecular weight excluding hydrogens is 580 g/mol. The molecule has 11 N–H and O–H groups in total. The van der Waals surface area contributed by atoms with Gasteiger partial charge in [-0.3, -0.25) is 4.79 Å². The van der Waals surface area contributed by atoms with Crippen molar-refractivity contribution in [1.82, 2.24) is 0 Å². The molecule has 2 fully saturated rings. The van der Waals surface area contributed by atoms with Crippen molar-refractivity contribution < 1.29 is 74.8 Å². The lowest BCUT2D eigenvalue weighted by Gasteiger charge is -2.42. The maximum atomic E-state index is 13.3. The summed E-state index contributed by atoms with van der Waals surface area (Å²) in [7, 11) is 0. The van der Waals surface area contributed by atoms with Crippen molar-refractivity contribution in [2.24, 2.45) is 0 Å². The van der Waals surface area contributed by atoms with E-state index in [-0.39, 0.29) is 16.9 Å². The van der Waals surface area contributed by atoms with Crippen LogP contribution in [-0.2, 0) is 9.47 Å². The summed E-state index contributed by atoms with van der Waals surface area (Å²) in [5.74, 6) is -2.49. The number of ether oxygens (including phenoxy) is 3. The molecule has 2 aliphatic rings. The number of phenols is 3. The second-order valence-electron chi connectivity index (χ2n) is 10.3. The van der Waals surface area contributed by atoms with E-state index in [1.807, 2.05) is 0 Å². The fraction of sp³-hybridized carbons (Fsp3) is 0.444. The largest absolute Gasteiger partial charge is 0.506 e. The molecule has 0 spiro atoms. The van der Waals surface area contributed by atoms with Gasteiger partial charge in [-0.2, -0.15) is 0 Å². The summed E-state index contributed by atoms with van der Waals surface area (Å²) in [6.45, 7) is -1.63. The molecule has 16 nitrogen and oxygen atoms in total. The zero-order valence-corrected chi connectivity index (χ0v) is 22.0. The second kappa shape index (κ2) is 11.9. The van der Waals surface area contributed by atoms with Gasteiger partial charge in [-0.15, -0.1) is 0 Å². The number of aliphatic hydroxyl groups excluding tert-OH is 8. The summed E-state index contributed by atoms with van der Waals surface area (Å²) >= 11 is 0. The van der Waals surface area contributed by atoms with Crippen LogP contribution in [0, 0.1) is 0 Å². The first-order valence-corrected chi connectivity index (χ1v) is 13.0. The Morgan fingerprint density at radius 1 is 0.721 bits per heavy atom. The molecule has 2 saturated heterocycles. The van der Waals surface area contributed by atoms with E-state index in [2.05, 4.69) is 0 Å². The van der Waals surface area contributed by atoms with Crippen LogP contribution in [0.4, 0.5) is 0 Å². The molecule has 0 radical (unpaired) electrons. The Labute approximate surface area is 241 Å². The molecule has 0 amide bonds. The molecule has 0 saturated carbocycles. The van der Waals surface area contributed by atoms with Crippen molar-refractivity contribution in [3.8, 4) is 34.3 Å². The van der Waals surface area contributed by atoms with Gasteiger partial charge in [0.05, 0.1) is 18.8 Å². The average Bonchev–Trinajstić information content (AvgIpc) is 2.98. The van der Waals surface area contributed by atoms with E-state index < -0.39 is 114 Å². The minimum absolute atomic E-state index is 0.133. The van der Waals surface area contributed by atoms with Gasteiger partial charge >= 0.3 is 0 Å². The summed E-state index contributed by atoms with van der Waals surface area (Å²) < 4.78 is 22.5. The number of fused-ring (bicyclic) bond motifs is 1. The van der Waals surface area contributed by atoms with Gasteiger partial charge in [0.2, 0.25) is 6.29 Å². The first-order valence-electron chi connectivity index (χ1n) is 13.0. The van der Waals surface area contributed by atoms with E-state index in [1.165, 1.54) is 6.07 Å². The molecule has 2 aliphatic heterocycles. The van der Waals surface area contributed by atoms with Crippen molar-refractivity contribution >= 4 is 11.0 Å². The fourth-order valence-corrected chi connectivity index (χ4v) is 5.12. The second-order valence-corrected chi connectivity index (χ2v) is 10.3. The Hall–Kier alpha value is -3.55. The summed E-state index contributed by atoms with van der Waals surface area (Å²) in [4.78, 5) is 13.3. The molecule has 1 unspecified atom stereocenters. The van der Waals surface area contributed by atoms with Crippen LogP contribution in [0.1, 0.15) is 11.7 Å². The van der Waals surface area contributed by atoms with E-state index in [9.17, 15) is 61.0 Å². The summed E-state index contributed by atoms with van der Waals surface area (Å²) in [6, 6.07) is 5.56. The normalized spacial score (nSPS) is 33.0. The molecule has 0 bridgehead atoms. The average molecular weight is 611 g/mol. The number of hydrogen-bond acceptors (Lipinski definition) is 16. The van der Waals surface area contributed by atoms with Crippen molar-refractivity contribution in [3.05, 3.63) is 46.1 Å². The Balaban J connectivity index is 1.69. The molecule has 10 atom stereocenters. The number of aliphatic hydroxyl groups is 8. The lowest BCUT2D eigenvalue weighted by Crippen LogP contribution is -2.60. The standard InChI is InChI=1S/C27H30O16/c28-6-15-19(33)22(36)24(38)26(41-15)18-14(42-27-25(39)23(37)20(34)16(7-29)43-27)5-13-17(21(18)35)11(32)4-12(40-13)8-1-2-9(30)10(31)3-8/h1-5,15-16,19-20,22-31,33-39H,6-7H2/t15-,16-,19-,20-,22+,23+,24-,25-,26?,27-/m1/s1. The molecule has 5 rings (SSSR count). The van der Waals surface area contributed by atoms with Gasteiger partial charge in [0.25, 0.3) is 0 Å².